The van der Waals surface area contributed by atoms with Crippen molar-refractivity contribution in [1.82, 2.24) is 14.9 Å². The van der Waals surface area contributed by atoms with Crippen molar-refractivity contribution < 1.29 is 4.74 Å². The Balaban J connectivity index is 0. The zero-order chi connectivity index (χ0) is 23.2. The van der Waals surface area contributed by atoms with Gasteiger partial charge in [-0.25, -0.2) is 4.98 Å². The summed E-state index contributed by atoms with van der Waals surface area (Å²) in [5.74, 6) is 1.71. The van der Waals surface area contributed by atoms with Crippen LogP contribution >= 0.6 is 0 Å². The highest BCUT2D eigenvalue weighted by atomic mass is 16.5. The number of aromatic nitrogens is 2. The average molecular weight is 414 g/mol. The fourth-order valence-corrected chi connectivity index (χ4v) is 2.01. The molecule has 1 N–H and O–H groups in total. The first-order valence-corrected chi connectivity index (χ1v) is 10.9. The van der Waals surface area contributed by atoms with E-state index in [9.17, 15) is 0 Å². The van der Waals surface area contributed by atoms with Crippen molar-refractivity contribution in [1.29, 1.82) is 0 Å². The van der Waals surface area contributed by atoms with Crippen LogP contribution in [0.3, 0.4) is 0 Å². The number of nitrogens with zero attached hydrogens (tertiary/aromatic N) is 2. The summed E-state index contributed by atoms with van der Waals surface area (Å²) in [6.45, 7) is 16.4. The number of likely N-dealkylation sites (N-methyl/N-ethyl adjacent to an activating group) is 1. The standard InChI is InChI=1S/C15H16N2O.C7H15N.2C2H6/c1-3-4-13-11-16-15(17-13)10-7-12-5-8-14(18-2)9-6-12;1-4-6-7-8(3)5-2;2*1-2/h3-11H,1-2H3,(H,16,17);4,6H,5,7H2,1-3H3;2*1-2H3/b4-3+,10-7+;6-4-;;. The number of nitrogens with one attached hydrogen (secondary N) is 1. The maximum atomic E-state index is 5.11. The van der Waals surface area contributed by atoms with Crippen LogP contribution in [0.5, 0.6) is 5.75 Å². The number of hydrogen-bond acceptors (Lipinski definition) is 3. The number of rotatable bonds is 7. The Morgan fingerprint density at radius 2 is 1.60 bits per heavy atom. The number of benzene rings is 1. The summed E-state index contributed by atoms with van der Waals surface area (Å²) in [5.41, 5.74) is 2.12. The normalized spacial score (nSPS) is 10.3. The number of methoxy groups -OCH3 is 1. The van der Waals surface area contributed by atoms with Crippen molar-refractivity contribution in [2.75, 3.05) is 27.2 Å². The maximum absolute atomic E-state index is 5.11. The first-order valence-electron chi connectivity index (χ1n) is 10.9. The quantitative estimate of drug-likeness (QED) is 0.488. The van der Waals surface area contributed by atoms with E-state index in [2.05, 4.69) is 41.0 Å². The van der Waals surface area contributed by atoms with Crippen LogP contribution in [0.1, 0.15) is 65.5 Å². The molecule has 0 unspecified atom stereocenters. The molecule has 2 aromatic rings. The lowest BCUT2D eigenvalue weighted by molar-refractivity contribution is 0.392. The van der Waals surface area contributed by atoms with Crippen LogP contribution in [0.15, 0.2) is 48.7 Å². The Kier molecular flexibility index (Phi) is 20.9. The van der Waals surface area contributed by atoms with Gasteiger partial charge in [0, 0.05) is 6.54 Å². The summed E-state index contributed by atoms with van der Waals surface area (Å²) < 4.78 is 5.11. The lowest BCUT2D eigenvalue weighted by atomic mass is 10.2. The molecule has 0 aliphatic rings. The summed E-state index contributed by atoms with van der Waals surface area (Å²) in [4.78, 5) is 9.71. The molecule has 4 heteroatoms. The van der Waals surface area contributed by atoms with Crippen LogP contribution in [0.4, 0.5) is 0 Å². The van der Waals surface area contributed by atoms with E-state index in [1.807, 2.05) is 96.3 Å². The van der Waals surface area contributed by atoms with Crippen molar-refractivity contribution in [2.24, 2.45) is 0 Å². The van der Waals surface area contributed by atoms with Crippen molar-refractivity contribution in [2.45, 2.75) is 48.5 Å². The van der Waals surface area contributed by atoms with Crippen LogP contribution in [0.2, 0.25) is 0 Å². The molecule has 1 heterocycles. The number of allylic oxidation sites excluding steroid dienone is 2. The Labute approximate surface area is 185 Å². The van der Waals surface area contributed by atoms with Crippen LogP contribution < -0.4 is 4.74 Å². The number of aromatic amines is 1. The molecule has 2 rings (SSSR count). The van der Waals surface area contributed by atoms with Gasteiger partial charge < -0.3 is 14.6 Å². The third-order valence-electron chi connectivity index (χ3n) is 3.70. The third kappa shape index (κ3) is 14.4. The van der Waals surface area contributed by atoms with Gasteiger partial charge in [-0.05, 0) is 57.3 Å². The Morgan fingerprint density at radius 1 is 0.967 bits per heavy atom. The van der Waals surface area contributed by atoms with Crippen LogP contribution in [-0.4, -0.2) is 42.1 Å². The number of ether oxygens (including phenoxy) is 1. The molecule has 0 bridgehead atoms. The van der Waals surface area contributed by atoms with E-state index in [1.54, 1.807) is 7.11 Å². The topological polar surface area (TPSA) is 41.1 Å². The second kappa shape index (κ2) is 21.1. The third-order valence-corrected chi connectivity index (χ3v) is 3.70. The van der Waals surface area contributed by atoms with Gasteiger partial charge in [0.15, 0.2) is 0 Å². The van der Waals surface area contributed by atoms with Crippen molar-refractivity contribution >= 4 is 18.2 Å². The summed E-state index contributed by atoms with van der Waals surface area (Å²) in [7, 11) is 3.77. The van der Waals surface area contributed by atoms with Gasteiger partial charge in [-0.1, -0.05) is 71.1 Å². The zero-order valence-corrected chi connectivity index (χ0v) is 20.6. The molecular weight excluding hydrogens is 370 g/mol. The molecule has 0 amide bonds. The molecule has 168 valence electrons. The maximum Gasteiger partial charge on any atom is 0.130 e. The van der Waals surface area contributed by atoms with Gasteiger partial charge in [0.05, 0.1) is 19.0 Å². The van der Waals surface area contributed by atoms with Gasteiger partial charge in [0.1, 0.15) is 11.6 Å². The van der Waals surface area contributed by atoms with E-state index < -0.39 is 0 Å². The molecule has 0 saturated heterocycles. The van der Waals surface area contributed by atoms with Crippen molar-refractivity contribution in [3.8, 4) is 5.75 Å². The van der Waals surface area contributed by atoms with Gasteiger partial charge in [-0.3, -0.25) is 0 Å². The largest absolute Gasteiger partial charge is 0.497 e. The molecule has 0 atom stereocenters. The summed E-state index contributed by atoms with van der Waals surface area (Å²) in [5, 5.41) is 0. The second-order valence-corrected chi connectivity index (χ2v) is 5.75. The zero-order valence-electron chi connectivity index (χ0n) is 20.6. The van der Waals surface area contributed by atoms with Gasteiger partial charge in [-0.15, -0.1) is 0 Å². The lowest BCUT2D eigenvalue weighted by Crippen LogP contribution is -2.16. The van der Waals surface area contributed by atoms with E-state index in [0.717, 1.165) is 35.9 Å². The van der Waals surface area contributed by atoms with Crippen molar-refractivity contribution in [3.05, 3.63) is 65.8 Å². The number of H-pyrrole nitrogens is 1. The van der Waals surface area contributed by atoms with Crippen LogP contribution in [-0.2, 0) is 0 Å². The fraction of sp³-hybridized carbons (Fsp3) is 0.423. The molecule has 1 aromatic heterocycles. The van der Waals surface area contributed by atoms with Gasteiger partial charge >= 0.3 is 0 Å². The van der Waals surface area contributed by atoms with Gasteiger partial charge in [0.2, 0.25) is 0 Å². The molecule has 0 fully saturated rings. The lowest BCUT2D eigenvalue weighted by Gasteiger charge is -2.08. The second-order valence-electron chi connectivity index (χ2n) is 5.75. The Morgan fingerprint density at radius 3 is 2.10 bits per heavy atom. The summed E-state index contributed by atoms with van der Waals surface area (Å²) in [6, 6.07) is 7.89. The first kappa shape index (κ1) is 29.6. The average Bonchev–Trinajstić information content (AvgIpc) is 3.27. The minimum atomic E-state index is 0.846. The molecule has 1 aromatic carbocycles. The van der Waals surface area contributed by atoms with Crippen molar-refractivity contribution in [3.63, 3.8) is 0 Å². The monoisotopic (exact) mass is 413 g/mol. The molecule has 30 heavy (non-hydrogen) atoms. The SMILES string of the molecule is C/C=C/c1cnc(/C=C/c2ccc(OC)cc2)[nH]1.C/C=C\CN(C)CC.CC.CC. The minimum Gasteiger partial charge on any atom is -0.497 e. The highest BCUT2D eigenvalue weighted by molar-refractivity contribution is 5.67. The van der Waals surface area contributed by atoms with E-state index in [1.165, 1.54) is 0 Å². The molecule has 0 aliphatic heterocycles. The smallest absolute Gasteiger partial charge is 0.130 e. The van der Waals surface area contributed by atoms with E-state index in [0.29, 0.717) is 0 Å². The Bertz CT molecular complexity index is 697. The highest BCUT2D eigenvalue weighted by Gasteiger charge is 1.94. The summed E-state index contributed by atoms with van der Waals surface area (Å²) in [6.07, 6.45) is 14.0. The predicted molar refractivity (Wildman–Crippen MR) is 136 cm³/mol. The number of hydrogen-bond donors (Lipinski definition) is 1. The molecule has 0 saturated carbocycles. The van der Waals surface area contributed by atoms with E-state index in [-0.39, 0.29) is 0 Å². The van der Waals surface area contributed by atoms with E-state index >= 15 is 0 Å². The van der Waals surface area contributed by atoms with E-state index in [4.69, 9.17) is 4.74 Å². The minimum absolute atomic E-state index is 0.846. The molecule has 4 nitrogen and oxygen atoms in total. The molecular formula is C26H43N3O. The van der Waals surface area contributed by atoms with Gasteiger partial charge in [0.25, 0.3) is 0 Å². The Hall–Kier alpha value is -2.59. The summed E-state index contributed by atoms with van der Waals surface area (Å²) >= 11 is 0. The van der Waals surface area contributed by atoms with Crippen LogP contribution in [0, 0.1) is 0 Å². The molecule has 0 radical (unpaired) electrons. The predicted octanol–water partition coefficient (Wildman–Crippen LogP) is 7.19. The highest BCUT2D eigenvalue weighted by Crippen LogP contribution is 2.13. The number of imidazole rings is 1. The van der Waals surface area contributed by atoms with Crippen LogP contribution in [0.25, 0.3) is 18.2 Å². The first-order chi connectivity index (χ1) is 14.6. The van der Waals surface area contributed by atoms with Gasteiger partial charge in [-0.2, -0.15) is 0 Å². The molecule has 0 spiro atoms. The molecule has 0 aliphatic carbocycles. The fourth-order valence-electron chi connectivity index (χ4n) is 2.01.